The largest absolute Gasteiger partial charge is 0.380 e. The number of rotatable bonds is 4. The Kier molecular flexibility index (Phi) is 5.07. The fourth-order valence-electron chi connectivity index (χ4n) is 4.04. The van der Waals surface area contributed by atoms with Crippen molar-refractivity contribution in [2.24, 2.45) is 0 Å². The van der Waals surface area contributed by atoms with E-state index < -0.39 is 0 Å². The molecule has 1 unspecified atom stereocenters. The molecule has 1 fully saturated rings. The van der Waals surface area contributed by atoms with Crippen LogP contribution < -0.4 is 5.56 Å². The predicted octanol–water partition coefficient (Wildman–Crippen LogP) is 3.38. The normalized spacial score (nSPS) is 16.1. The maximum absolute atomic E-state index is 13.6. The molecule has 7 nitrogen and oxygen atoms in total. The molecule has 162 valence electrons. The number of amides is 1. The Hall–Kier alpha value is -3.78. The standard InChI is InChI=1S/C24H21FN4O3/c1-32-20-8-9-28(14-20)24(31)15-2-5-19(6-3-15)29-13-17(12-26-29)21-11-16-10-18(25)4-7-22(16)27-23(21)30/h2-7,10-13,20H,8-9,14H2,1H3,(H,27,30). The lowest BCUT2D eigenvalue weighted by atomic mass is 10.1. The third kappa shape index (κ3) is 3.69. The summed E-state index contributed by atoms with van der Waals surface area (Å²) < 4.78 is 20.5. The summed E-state index contributed by atoms with van der Waals surface area (Å²) in [7, 11) is 1.66. The van der Waals surface area contributed by atoms with Crippen LogP contribution in [0.5, 0.6) is 0 Å². The van der Waals surface area contributed by atoms with Gasteiger partial charge in [0.15, 0.2) is 0 Å². The number of benzene rings is 2. The Bertz CT molecular complexity index is 1360. The first-order chi connectivity index (χ1) is 15.5. The number of aromatic nitrogens is 3. The molecule has 2 aromatic heterocycles. The van der Waals surface area contributed by atoms with E-state index in [-0.39, 0.29) is 23.4 Å². The fourth-order valence-corrected chi connectivity index (χ4v) is 4.04. The molecule has 3 heterocycles. The van der Waals surface area contributed by atoms with Crippen molar-refractivity contribution < 1.29 is 13.9 Å². The van der Waals surface area contributed by atoms with Gasteiger partial charge in [-0.25, -0.2) is 9.07 Å². The summed E-state index contributed by atoms with van der Waals surface area (Å²) in [6.07, 6.45) is 4.26. The minimum atomic E-state index is -0.368. The van der Waals surface area contributed by atoms with Crippen LogP contribution in [0.15, 0.2) is 65.7 Å². The van der Waals surface area contributed by atoms with Crippen molar-refractivity contribution >= 4 is 16.8 Å². The maximum atomic E-state index is 13.6. The number of pyridine rings is 1. The molecule has 0 spiro atoms. The number of nitrogens with one attached hydrogen (secondary N) is 1. The number of hydrogen-bond donors (Lipinski definition) is 1. The molecular formula is C24H21FN4O3. The van der Waals surface area contributed by atoms with E-state index in [2.05, 4.69) is 10.1 Å². The molecule has 4 aromatic rings. The van der Waals surface area contributed by atoms with E-state index in [4.69, 9.17) is 4.74 Å². The summed E-state index contributed by atoms with van der Waals surface area (Å²) in [6.45, 7) is 1.29. The molecule has 1 aliphatic heterocycles. The Morgan fingerprint density at radius 1 is 1.19 bits per heavy atom. The highest BCUT2D eigenvalue weighted by Crippen LogP contribution is 2.22. The van der Waals surface area contributed by atoms with Gasteiger partial charge in [0.05, 0.1) is 23.6 Å². The Balaban J connectivity index is 1.39. The number of likely N-dealkylation sites (tertiary alicyclic amines) is 1. The van der Waals surface area contributed by atoms with E-state index in [0.29, 0.717) is 40.7 Å². The van der Waals surface area contributed by atoms with Crippen molar-refractivity contribution in [1.29, 1.82) is 0 Å². The number of hydrogen-bond acceptors (Lipinski definition) is 4. The molecule has 1 saturated heterocycles. The highest BCUT2D eigenvalue weighted by atomic mass is 19.1. The van der Waals surface area contributed by atoms with Crippen molar-refractivity contribution in [3.63, 3.8) is 0 Å². The summed E-state index contributed by atoms with van der Waals surface area (Å²) in [6, 6.07) is 13.1. The third-order valence-corrected chi connectivity index (χ3v) is 5.84. The first-order valence-corrected chi connectivity index (χ1v) is 10.3. The van der Waals surface area contributed by atoms with E-state index >= 15 is 0 Å². The molecule has 1 amide bonds. The maximum Gasteiger partial charge on any atom is 0.256 e. The van der Waals surface area contributed by atoms with Crippen molar-refractivity contribution in [3.05, 3.63) is 82.7 Å². The van der Waals surface area contributed by atoms with E-state index in [1.165, 1.54) is 12.1 Å². The lowest BCUT2D eigenvalue weighted by Crippen LogP contribution is -2.29. The van der Waals surface area contributed by atoms with E-state index in [0.717, 1.165) is 12.1 Å². The number of carbonyl (C=O) groups is 1. The van der Waals surface area contributed by atoms with Gasteiger partial charge >= 0.3 is 0 Å². The van der Waals surface area contributed by atoms with E-state index in [1.807, 2.05) is 12.1 Å². The molecule has 2 aromatic carbocycles. The van der Waals surface area contributed by atoms with Gasteiger partial charge in [-0.15, -0.1) is 0 Å². The minimum absolute atomic E-state index is 0.0211. The molecule has 8 heteroatoms. The number of methoxy groups -OCH3 is 1. The zero-order valence-corrected chi connectivity index (χ0v) is 17.4. The molecule has 0 bridgehead atoms. The number of carbonyl (C=O) groups excluding carboxylic acids is 1. The van der Waals surface area contributed by atoms with Crippen molar-refractivity contribution in [2.45, 2.75) is 12.5 Å². The number of H-pyrrole nitrogens is 1. The lowest BCUT2D eigenvalue weighted by Gasteiger charge is -2.16. The van der Waals surface area contributed by atoms with Gasteiger partial charge in [0.1, 0.15) is 5.82 Å². The number of nitrogens with zero attached hydrogens (tertiary/aromatic N) is 3. The molecule has 1 aliphatic rings. The Morgan fingerprint density at radius 2 is 2.00 bits per heavy atom. The fraction of sp³-hybridized carbons (Fsp3) is 0.208. The number of ether oxygens (including phenoxy) is 1. The molecule has 32 heavy (non-hydrogen) atoms. The molecule has 0 radical (unpaired) electrons. The van der Waals surface area contributed by atoms with Gasteiger partial charge in [-0.1, -0.05) is 0 Å². The molecule has 0 saturated carbocycles. The zero-order chi connectivity index (χ0) is 22.2. The lowest BCUT2D eigenvalue weighted by molar-refractivity contribution is 0.0724. The van der Waals surface area contributed by atoms with Gasteiger partial charge < -0.3 is 14.6 Å². The average molecular weight is 432 g/mol. The third-order valence-electron chi connectivity index (χ3n) is 5.84. The molecule has 0 aliphatic carbocycles. The number of halogens is 1. The van der Waals surface area contributed by atoms with Crippen LogP contribution in [0.3, 0.4) is 0 Å². The van der Waals surface area contributed by atoms with Crippen LogP contribution in [0.4, 0.5) is 4.39 Å². The monoisotopic (exact) mass is 432 g/mol. The van der Waals surface area contributed by atoms with E-state index in [1.54, 1.807) is 53.4 Å². The first kappa shape index (κ1) is 20.1. The number of fused-ring (bicyclic) bond motifs is 1. The predicted molar refractivity (Wildman–Crippen MR) is 118 cm³/mol. The second kappa shape index (κ2) is 8.05. The highest BCUT2D eigenvalue weighted by molar-refractivity contribution is 5.94. The first-order valence-electron chi connectivity index (χ1n) is 10.3. The summed E-state index contributed by atoms with van der Waals surface area (Å²) >= 11 is 0. The van der Waals surface area contributed by atoms with Crippen LogP contribution in [-0.2, 0) is 4.74 Å². The summed E-state index contributed by atoms with van der Waals surface area (Å²) in [4.78, 5) is 29.8. The van der Waals surface area contributed by atoms with Gasteiger partial charge in [-0.05, 0) is 55.0 Å². The minimum Gasteiger partial charge on any atom is -0.380 e. The van der Waals surface area contributed by atoms with Gasteiger partial charge in [-0.3, -0.25) is 9.59 Å². The average Bonchev–Trinajstić information content (AvgIpc) is 3.48. The molecule has 5 rings (SSSR count). The SMILES string of the molecule is COC1CCN(C(=O)c2ccc(-n3cc(-c4cc5cc(F)ccc5[nH]c4=O)cn3)cc2)C1. The van der Waals surface area contributed by atoms with Crippen LogP contribution >= 0.6 is 0 Å². The van der Waals surface area contributed by atoms with Crippen LogP contribution in [0.2, 0.25) is 0 Å². The smallest absolute Gasteiger partial charge is 0.256 e. The molecule has 1 N–H and O–H groups in total. The number of aromatic amines is 1. The summed E-state index contributed by atoms with van der Waals surface area (Å²) in [5, 5.41) is 4.96. The topological polar surface area (TPSA) is 80.2 Å². The van der Waals surface area contributed by atoms with Crippen molar-refractivity contribution in [2.75, 3.05) is 20.2 Å². The van der Waals surface area contributed by atoms with E-state index in [9.17, 15) is 14.0 Å². The second-order valence-electron chi connectivity index (χ2n) is 7.86. The van der Waals surface area contributed by atoms with Crippen molar-refractivity contribution in [3.8, 4) is 16.8 Å². The second-order valence-corrected chi connectivity index (χ2v) is 7.86. The van der Waals surface area contributed by atoms with Gasteiger partial charge in [-0.2, -0.15) is 5.10 Å². The van der Waals surface area contributed by atoms with Crippen LogP contribution in [0, 0.1) is 5.82 Å². The van der Waals surface area contributed by atoms with Crippen molar-refractivity contribution in [1.82, 2.24) is 19.7 Å². The van der Waals surface area contributed by atoms with Crippen LogP contribution in [0.1, 0.15) is 16.8 Å². The van der Waals surface area contributed by atoms with Crippen LogP contribution in [-0.4, -0.2) is 51.9 Å². The highest BCUT2D eigenvalue weighted by Gasteiger charge is 2.26. The van der Waals surface area contributed by atoms with Gasteiger partial charge in [0.2, 0.25) is 0 Å². The quantitative estimate of drug-likeness (QED) is 0.536. The molecule has 1 atom stereocenters. The van der Waals surface area contributed by atoms with Crippen LogP contribution in [0.25, 0.3) is 27.7 Å². The van der Waals surface area contributed by atoms with Gasteiger partial charge in [0, 0.05) is 48.4 Å². The Labute approximate surface area is 183 Å². The summed E-state index contributed by atoms with van der Waals surface area (Å²) in [5.41, 5.74) is 2.67. The Morgan fingerprint density at radius 3 is 2.75 bits per heavy atom. The van der Waals surface area contributed by atoms with Gasteiger partial charge in [0.25, 0.3) is 11.5 Å². The zero-order valence-electron chi connectivity index (χ0n) is 17.4. The molecular weight excluding hydrogens is 411 g/mol. The summed E-state index contributed by atoms with van der Waals surface area (Å²) in [5.74, 6) is -0.389.